The number of rotatable bonds is 8. The molecule has 0 saturated carbocycles. The van der Waals surface area contributed by atoms with Crippen LogP contribution in [-0.4, -0.2) is 17.8 Å². The van der Waals surface area contributed by atoms with Crippen molar-refractivity contribution in [3.63, 3.8) is 0 Å². The maximum atomic E-state index is 15.4. The highest BCUT2D eigenvalue weighted by atomic mass is 32.1. The van der Waals surface area contributed by atoms with Gasteiger partial charge in [-0.25, -0.2) is 0 Å². The van der Waals surface area contributed by atoms with Gasteiger partial charge in [0, 0.05) is 56.4 Å². The summed E-state index contributed by atoms with van der Waals surface area (Å²) in [5, 5.41) is 6.46. The summed E-state index contributed by atoms with van der Waals surface area (Å²) < 4.78 is 90.3. The normalized spacial score (nSPS) is 18.0. The summed E-state index contributed by atoms with van der Waals surface area (Å²) in [6.07, 6.45) is 2.09. The summed E-state index contributed by atoms with van der Waals surface area (Å²) in [4.78, 5) is 5.76. The van der Waals surface area contributed by atoms with E-state index in [9.17, 15) is 17.6 Å². The topological polar surface area (TPSA) is 0 Å². The van der Waals surface area contributed by atoms with Gasteiger partial charge in [-0.2, -0.15) is 39.0 Å². The Kier molecular flexibility index (Phi) is 7.99. The van der Waals surface area contributed by atoms with Gasteiger partial charge in [0.05, 0.1) is 0 Å². The average Bonchev–Trinajstić information content (AvgIpc) is 3.79. The number of allylic oxidation sites excluding steroid dienone is 3. The molecule has 0 amide bonds. The number of halogens is 6. The molecule has 1 aliphatic rings. The van der Waals surface area contributed by atoms with Crippen LogP contribution in [0.2, 0.25) is 0 Å². The molecule has 0 bridgehead atoms. The van der Waals surface area contributed by atoms with Crippen molar-refractivity contribution >= 4 is 86.5 Å². The monoisotopic (exact) mass is 684 g/mol. The molecule has 0 radical (unpaired) electrons. The fourth-order valence-electron chi connectivity index (χ4n) is 4.74. The second kappa shape index (κ2) is 11.3. The first-order chi connectivity index (χ1) is 20.1. The lowest BCUT2D eigenvalue weighted by atomic mass is 9.95. The molecule has 0 N–H and O–H groups in total. The van der Waals surface area contributed by atoms with Gasteiger partial charge in [-0.1, -0.05) is 18.2 Å². The summed E-state index contributed by atoms with van der Waals surface area (Å²) in [5.74, 6) is -15.7. The van der Waals surface area contributed by atoms with Gasteiger partial charge in [0.25, 0.3) is 0 Å². The molecule has 42 heavy (non-hydrogen) atoms. The van der Waals surface area contributed by atoms with Crippen LogP contribution in [0.25, 0.3) is 36.7 Å². The molecule has 5 heterocycles. The fraction of sp³-hybridized carbons (Fsp3) is 0.133. The maximum Gasteiger partial charge on any atom is 0.380 e. The van der Waals surface area contributed by atoms with Gasteiger partial charge < -0.3 is 0 Å². The molecule has 0 spiro atoms. The summed E-state index contributed by atoms with van der Waals surface area (Å²) in [5.41, 5.74) is -2.45. The van der Waals surface area contributed by atoms with E-state index in [0.29, 0.717) is 10.5 Å². The van der Waals surface area contributed by atoms with E-state index >= 15 is 8.78 Å². The van der Waals surface area contributed by atoms with Crippen LogP contribution in [0.15, 0.2) is 87.8 Å². The zero-order valence-corrected chi connectivity index (χ0v) is 26.1. The number of thiol groups is 1. The number of alkyl halides is 6. The van der Waals surface area contributed by atoms with Crippen LogP contribution in [0.4, 0.5) is 26.3 Å². The van der Waals surface area contributed by atoms with Crippen molar-refractivity contribution < 1.29 is 26.3 Å². The average molecular weight is 685 g/mol. The van der Waals surface area contributed by atoms with Gasteiger partial charge in [-0.3, -0.25) is 0 Å². The molecule has 0 aliphatic heterocycles. The Morgan fingerprint density at radius 1 is 0.714 bits per heavy atom. The Morgan fingerprint density at radius 2 is 1.38 bits per heavy atom. The molecule has 5 aromatic rings. The molecule has 0 saturated heterocycles. The Bertz CT molecular complexity index is 1800. The standard InChI is InChI=1S/C30H18F6S6/c31-28(32)20(4-1-12-37)26(29(33,34)30(28,35)36)18-11-15-40-27(18)19(21-9-10-25(42-21)23-6-3-14-39-23)16-17-7-8-24(41-17)22-5-2-13-38-22/h1-3,5-16,37H,4H2/b12-1-,19-16+. The second-order valence-electron chi connectivity index (χ2n) is 9.21. The molecule has 12 heteroatoms. The molecule has 5 aromatic heterocycles. The molecule has 0 aromatic carbocycles. The second-order valence-corrected chi connectivity index (χ2v) is 14.5. The van der Waals surface area contributed by atoms with Crippen molar-refractivity contribution in [2.24, 2.45) is 0 Å². The van der Waals surface area contributed by atoms with Gasteiger partial charge in [-0.05, 0) is 76.5 Å². The third kappa shape index (κ3) is 4.89. The predicted molar refractivity (Wildman–Crippen MR) is 171 cm³/mol. The van der Waals surface area contributed by atoms with Crippen molar-refractivity contribution in [3.05, 3.63) is 108 Å². The van der Waals surface area contributed by atoms with Crippen LogP contribution in [0, 0.1) is 0 Å². The molecule has 6 rings (SSSR count). The lowest BCUT2D eigenvalue weighted by Crippen LogP contribution is -2.49. The van der Waals surface area contributed by atoms with E-state index in [2.05, 4.69) is 12.6 Å². The quantitative estimate of drug-likeness (QED) is 0.122. The first kappa shape index (κ1) is 29.7. The SMILES string of the molecule is FC1(F)C(C/C=C\S)=C(c2ccsc2/C(=C/c2ccc(-c3cccs3)s2)c2ccc(-c3cccs3)s2)C(F)(F)C1(F)F. The van der Waals surface area contributed by atoms with E-state index < -0.39 is 35.3 Å². The Hall–Kier alpha value is -2.35. The zero-order valence-electron chi connectivity index (χ0n) is 21.1. The smallest absolute Gasteiger partial charge is 0.194 e. The number of hydrogen-bond donors (Lipinski definition) is 1. The minimum Gasteiger partial charge on any atom is -0.194 e. The van der Waals surface area contributed by atoms with Crippen LogP contribution in [0.5, 0.6) is 0 Å². The van der Waals surface area contributed by atoms with Crippen molar-refractivity contribution in [1.82, 2.24) is 0 Å². The van der Waals surface area contributed by atoms with Crippen LogP contribution < -0.4 is 0 Å². The molecule has 0 fully saturated rings. The van der Waals surface area contributed by atoms with E-state index in [-0.39, 0.29) is 10.4 Å². The van der Waals surface area contributed by atoms with E-state index in [1.807, 2.05) is 65.4 Å². The van der Waals surface area contributed by atoms with Crippen LogP contribution in [0.3, 0.4) is 0 Å². The van der Waals surface area contributed by atoms with Gasteiger partial charge in [0.1, 0.15) is 0 Å². The largest absolute Gasteiger partial charge is 0.380 e. The van der Waals surface area contributed by atoms with E-state index in [1.54, 1.807) is 22.7 Å². The summed E-state index contributed by atoms with van der Waals surface area (Å²) in [7, 11) is 0. The highest BCUT2D eigenvalue weighted by Gasteiger charge is 2.79. The van der Waals surface area contributed by atoms with Crippen LogP contribution in [0.1, 0.15) is 26.6 Å². The Balaban J connectivity index is 1.55. The predicted octanol–water partition coefficient (Wildman–Crippen LogP) is 12.4. The van der Waals surface area contributed by atoms with E-state index in [0.717, 1.165) is 47.2 Å². The fourth-order valence-corrected chi connectivity index (χ4v) is 9.50. The van der Waals surface area contributed by atoms with E-state index in [1.165, 1.54) is 34.1 Å². The molecular formula is C30H18F6S6. The van der Waals surface area contributed by atoms with Gasteiger partial charge in [-0.15, -0.1) is 56.7 Å². The number of hydrogen-bond acceptors (Lipinski definition) is 6. The van der Waals surface area contributed by atoms with Gasteiger partial charge in [0.15, 0.2) is 0 Å². The molecule has 0 nitrogen and oxygen atoms in total. The van der Waals surface area contributed by atoms with Gasteiger partial charge >= 0.3 is 17.8 Å². The molecular weight excluding hydrogens is 667 g/mol. The first-order valence-corrected chi connectivity index (χ1v) is 17.1. The minimum absolute atomic E-state index is 0.219. The third-order valence-electron chi connectivity index (χ3n) is 6.70. The van der Waals surface area contributed by atoms with Crippen molar-refractivity contribution in [3.8, 4) is 19.5 Å². The van der Waals surface area contributed by atoms with Crippen LogP contribution in [-0.2, 0) is 0 Å². The molecule has 0 atom stereocenters. The van der Waals surface area contributed by atoms with Crippen molar-refractivity contribution in [2.75, 3.05) is 0 Å². The highest BCUT2D eigenvalue weighted by Crippen LogP contribution is 2.63. The van der Waals surface area contributed by atoms with Crippen molar-refractivity contribution in [2.45, 2.75) is 24.2 Å². The lowest BCUT2D eigenvalue weighted by Gasteiger charge is -2.25. The third-order valence-corrected chi connectivity index (χ3v) is 12.1. The summed E-state index contributed by atoms with van der Waals surface area (Å²) >= 11 is 10.9. The van der Waals surface area contributed by atoms with Crippen molar-refractivity contribution in [1.29, 1.82) is 0 Å². The number of thiophene rings is 5. The van der Waals surface area contributed by atoms with E-state index in [4.69, 9.17) is 0 Å². The highest BCUT2D eigenvalue weighted by molar-refractivity contribution is 7.83. The Morgan fingerprint density at radius 3 is 2.02 bits per heavy atom. The molecule has 1 aliphatic carbocycles. The Labute approximate surface area is 263 Å². The molecule has 0 unspecified atom stereocenters. The zero-order chi connectivity index (χ0) is 29.7. The van der Waals surface area contributed by atoms with Crippen LogP contribution >= 0.6 is 69.3 Å². The minimum atomic E-state index is -5.59. The lowest BCUT2D eigenvalue weighted by molar-refractivity contribution is -0.260. The maximum absolute atomic E-state index is 15.4. The van der Waals surface area contributed by atoms with Gasteiger partial charge in [0.2, 0.25) is 0 Å². The molecule has 216 valence electrons. The summed E-state index contributed by atoms with van der Waals surface area (Å²) in [6, 6.07) is 16.7. The summed E-state index contributed by atoms with van der Waals surface area (Å²) in [6.45, 7) is 0. The first-order valence-electron chi connectivity index (χ1n) is 12.3.